The van der Waals surface area contributed by atoms with Crippen LogP contribution < -0.4 is 5.32 Å². The summed E-state index contributed by atoms with van der Waals surface area (Å²) >= 11 is 0. The Balaban J connectivity index is 2.15. The lowest BCUT2D eigenvalue weighted by Crippen LogP contribution is -2.17. The molecule has 23 heavy (non-hydrogen) atoms. The Morgan fingerprint density at radius 3 is 2.61 bits per heavy atom. The van der Waals surface area contributed by atoms with Gasteiger partial charge in [0.2, 0.25) is 0 Å². The van der Waals surface area contributed by atoms with Crippen molar-refractivity contribution in [1.82, 2.24) is 4.57 Å². The van der Waals surface area contributed by atoms with Crippen LogP contribution in [0.1, 0.15) is 28.5 Å². The Kier molecular flexibility index (Phi) is 5.00. The van der Waals surface area contributed by atoms with Crippen molar-refractivity contribution in [2.24, 2.45) is 0 Å². The van der Waals surface area contributed by atoms with Gasteiger partial charge < -0.3 is 14.4 Å². The monoisotopic (exact) mass is 313 g/mol. The summed E-state index contributed by atoms with van der Waals surface area (Å²) in [5.41, 5.74) is 0.661. The SMILES string of the molecule is CCn1cc(C#N)c(NC(=O)OCc2ccccc2)c1C(=O)O. The summed E-state index contributed by atoms with van der Waals surface area (Å²) in [5, 5.41) is 20.7. The highest BCUT2D eigenvalue weighted by Gasteiger charge is 2.23. The molecule has 7 heteroatoms. The number of carboxylic acids is 1. The molecule has 2 N–H and O–H groups in total. The summed E-state index contributed by atoms with van der Waals surface area (Å²) in [5.74, 6) is -1.23. The van der Waals surface area contributed by atoms with Crippen LogP contribution in [0, 0.1) is 11.3 Å². The number of aryl methyl sites for hydroxylation is 1. The maximum absolute atomic E-state index is 11.9. The van der Waals surface area contributed by atoms with Crippen LogP contribution in [-0.4, -0.2) is 21.7 Å². The van der Waals surface area contributed by atoms with Crippen molar-refractivity contribution >= 4 is 17.7 Å². The number of carboxylic acid groups (broad SMARTS) is 1. The van der Waals surface area contributed by atoms with Crippen molar-refractivity contribution in [2.45, 2.75) is 20.1 Å². The van der Waals surface area contributed by atoms with Crippen molar-refractivity contribution < 1.29 is 19.4 Å². The van der Waals surface area contributed by atoms with Crippen LogP contribution in [0.5, 0.6) is 0 Å². The number of hydrogen-bond donors (Lipinski definition) is 2. The summed E-state index contributed by atoms with van der Waals surface area (Å²) in [4.78, 5) is 23.3. The number of nitrogens with zero attached hydrogens (tertiary/aromatic N) is 2. The maximum atomic E-state index is 11.9. The van der Waals surface area contributed by atoms with Gasteiger partial charge in [0, 0.05) is 12.7 Å². The van der Waals surface area contributed by atoms with Gasteiger partial charge >= 0.3 is 12.1 Å². The van der Waals surface area contributed by atoms with Crippen molar-refractivity contribution in [3.63, 3.8) is 0 Å². The Morgan fingerprint density at radius 2 is 2.04 bits per heavy atom. The highest BCUT2D eigenvalue weighted by molar-refractivity contribution is 5.99. The van der Waals surface area contributed by atoms with E-state index in [9.17, 15) is 14.7 Å². The molecule has 0 radical (unpaired) electrons. The summed E-state index contributed by atoms with van der Waals surface area (Å²) < 4.78 is 6.43. The molecule has 118 valence electrons. The molecule has 0 unspecified atom stereocenters. The first kappa shape index (κ1) is 16.1. The van der Waals surface area contributed by atoms with E-state index in [-0.39, 0.29) is 23.6 Å². The zero-order chi connectivity index (χ0) is 16.8. The summed E-state index contributed by atoms with van der Waals surface area (Å²) in [6.07, 6.45) is 0.567. The fourth-order valence-corrected chi connectivity index (χ4v) is 2.11. The van der Waals surface area contributed by atoms with E-state index in [1.165, 1.54) is 10.8 Å². The van der Waals surface area contributed by atoms with Crippen molar-refractivity contribution in [3.8, 4) is 6.07 Å². The molecule has 2 rings (SSSR count). The third-order valence-electron chi connectivity index (χ3n) is 3.18. The molecule has 0 atom stereocenters. The molecule has 0 aliphatic carbocycles. The predicted molar refractivity (Wildman–Crippen MR) is 82.0 cm³/mol. The number of ether oxygens (including phenoxy) is 1. The number of rotatable bonds is 5. The Bertz CT molecular complexity index is 760. The number of anilines is 1. The standard InChI is InChI=1S/C16H15N3O4/c1-2-19-9-12(8-17)13(14(19)15(20)21)18-16(22)23-10-11-6-4-3-5-7-11/h3-7,9H,2,10H2,1H3,(H,18,22)(H,20,21). The molecule has 2 aromatic rings. The maximum Gasteiger partial charge on any atom is 0.412 e. The van der Waals surface area contributed by atoms with Crippen LogP contribution >= 0.6 is 0 Å². The average molecular weight is 313 g/mol. The number of carbonyl (C=O) groups is 2. The van der Waals surface area contributed by atoms with Gasteiger partial charge in [0.15, 0.2) is 5.69 Å². The van der Waals surface area contributed by atoms with E-state index < -0.39 is 12.1 Å². The summed E-state index contributed by atoms with van der Waals surface area (Å²) in [6, 6.07) is 10.9. The van der Waals surface area contributed by atoms with Crippen LogP contribution in [0.4, 0.5) is 10.5 Å². The first-order valence-corrected chi connectivity index (χ1v) is 6.91. The predicted octanol–water partition coefficient (Wildman–Crippen LogP) is 2.83. The zero-order valence-electron chi connectivity index (χ0n) is 12.4. The van der Waals surface area contributed by atoms with Gasteiger partial charge in [0.05, 0.1) is 11.3 Å². The topological polar surface area (TPSA) is 104 Å². The number of nitriles is 1. The first-order chi connectivity index (χ1) is 11.1. The number of hydrogen-bond acceptors (Lipinski definition) is 4. The smallest absolute Gasteiger partial charge is 0.412 e. The first-order valence-electron chi connectivity index (χ1n) is 6.91. The second-order valence-corrected chi connectivity index (χ2v) is 4.66. The van der Waals surface area contributed by atoms with Crippen molar-refractivity contribution in [3.05, 3.63) is 53.3 Å². The van der Waals surface area contributed by atoms with Crippen LogP contribution in [0.2, 0.25) is 0 Å². The van der Waals surface area contributed by atoms with Gasteiger partial charge in [0.25, 0.3) is 0 Å². The fraction of sp³-hybridized carbons (Fsp3) is 0.188. The molecule has 0 aliphatic heterocycles. The summed E-state index contributed by atoms with van der Waals surface area (Å²) in [7, 11) is 0. The second-order valence-electron chi connectivity index (χ2n) is 4.66. The molecule has 0 saturated heterocycles. The van der Waals surface area contributed by atoms with E-state index in [0.29, 0.717) is 6.54 Å². The summed E-state index contributed by atoms with van der Waals surface area (Å²) in [6.45, 7) is 2.15. The van der Waals surface area contributed by atoms with Crippen LogP contribution in [0.25, 0.3) is 0 Å². The number of nitrogens with one attached hydrogen (secondary N) is 1. The zero-order valence-corrected chi connectivity index (χ0v) is 12.4. The van der Waals surface area contributed by atoms with Gasteiger partial charge in [-0.15, -0.1) is 0 Å². The van der Waals surface area contributed by atoms with E-state index in [1.54, 1.807) is 19.1 Å². The number of amides is 1. The molecule has 1 heterocycles. The Labute approximate surface area is 132 Å². The lowest BCUT2D eigenvalue weighted by molar-refractivity contribution is 0.0686. The minimum absolute atomic E-state index is 0.0471. The largest absolute Gasteiger partial charge is 0.477 e. The van der Waals surface area contributed by atoms with E-state index in [2.05, 4.69) is 5.32 Å². The van der Waals surface area contributed by atoms with Gasteiger partial charge in [-0.25, -0.2) is 9.59 Å². The molecule has 1 amide bonds. The van der Waals surface area contributed by atoms with Gasteiger partial charge in [-0.2, -0.15) is 5.26 Å². The molecule has 0 aliphatic rings. The highest BCUT2D eigenvalue weighted by atomic mass is 16.5. The fourth-order valence-electron chi connectivity index (χ4n) is 2.11. The third-order valence-corrected chi connectivity index (χ3v) is 3.18. The molecular weight excluding hydrogens is 298 g/mol. The lowest BCUT2D eigenvalue weighted by Gasteiger charge is -2.08. The van der Waals surface area contributed by atoms with Crippen LogP contribution in [0.15, 0.2) is 36.5 Å². The van der Waals surface area contributed by atoms with Crippen LogP contribution in [-0.2, 0) is 17.9 Å². The number of carbonyl (C=O) groups excluding carboxylic acids is 1. The minimum Gasteiger partial charge on any atom is -0.477 e. The van der Waals surface area contributed by atoms with Crippen LogP contribution in [0.3, 0.4) is 0 Å². The van der Waals surface area contributed by atoms with Crippen molar-refractivity contribution in [1.29, 1.82) is 5.26 Å². The molecular formula is C16H15N3O4. The van der Waals surface area contributed by atoms with Gasteiger partial charge in [-0.3, -0.25) is 5.32 Å². The molecule has 0 spiro atoms. The Morgan fingerprint density at radius 1 is 1.35 bits per heavy atom. The highest BCUT2D eigenvalue weighted by Crippen LogP contribution is 2.24. The van der Waals surface area contributed by atoms with E-state index >= 15 is 0 Å². The van der Waals surface area contributed by atoms with Crippen molar-refractivity contribution in [2.75, 3.05) is 5.32 Å². The average Bonchev–Trinajstić information content (AvgIpc) is 2.91. The van der Waals surface area contributed by atoms with Gasteiger partial charge in [-0.1, -0.05) is 30.3 Å². The molecule has 7 nitrogen and oxygen atoms in total. The van der Waals surface area contributed by atoms with E-state index in [4.69, 9.17) is 10.00 Å². The lowest BCUT2D eigenvalue weighted by atomic mass is 10.2. The quantitative estimate of drug-likeness (QED) is 0.883. The molecule has 0 bridgehead atoms. The molecule has 0 saturated carbocycles. The molecule has 1 aromatic carbocycles. The third kappa shape index (κ3) is 3.68. The minimum atomic E-state index is -1.23. The van der Waals surface area contributed by atoms with Gasteiger partial charge in [-0.05, 0) is 12.5 Å². The normalized spacial score (nSPS) is 9.91. The number of benzene rings is 1. The Hall–Kier alpha value is -3.27. The molecule has 1 aromatic heterocycles. The van der Waals surface area contributed by atoms with E-state index in [0.717, 1.165) is 5.56 Å². The van der Waals surface area contributed by atoms with Gasteiger partial charge in [0.1, 0.15) is 12.7 Å². The second kappa shape index (κ2) is 7.13. The number of aromatic nitrogens is 1. The van der Waals surface area contributed by atoms with E-state index in [1.807, 2.05) is 24.3 Å². The number of aromatic carboxylic acids is 1. The molecule has 0 fully saturated rings.